The van der Waals surface area contributed by atoms with Crippen LogP contribution >= 0.6 is 27.5 Å². The van der Waals surface area contributed by atoms with Crippen molar-refractivity contribution in [3.63, 3.8) is 0 Å². The van der Waals surface area contributed by atoms with Crippen molar-refractivity contribution in [3.8, 4) is 0 Å². The third-order valence-electron chi connectivity index (χ3n) is 2.87. The van der Waals surface area contributed by atoms with E-state index in [9.17, 15) is 0 Å². The van der Waals surface area contributed by atoms with Crippen molar-refractivity contribution in [2.24, 2.45) is 5.92 Å². The molecule has 2 rings (SSSR count). The van der Waals surface area contributed by atoms with E-state index in [4.69, 9.17) is 11.6 Å². The molecule has 0 aromatic carbocycles. The first kappa shape index (κ1) is 11.2. The molecule has 4 heteroatoms. The zero-order valence-electron chi connectivity index (χ0n) is 8.71. The van der Waals surface area contributed by atoms with Gasteiger partial charge in [-0.05, 0) is 46.8 Å². The number of nitrogens with zero attached hydrogens (tertiary/aromatic N) is 2. The van der Waals surface area contributed by atoms with E-state index in [2.05, 4.69) is 32.7 Å². The summed E-state index contributed by atoms with van der Waals surface area (Å²) in [5.74, 6) is 2.42. The number of anilines is 1. The van der Waals surface area contributed by atoms with Crippen molar-refractivity contribution in [1.29, 1.82) is 0 Å². The van der Waals surface area contributed by atoms with Crippen LogP contribution in [0.1, 0.15) is 12.0 Å². The molecule has 1 aromatic heterocycles. The molecular formula is C11H14BrClN2. The summed E-state index contributed by atoms with van der Waals surface area (Å²) in [5, 5.41) is 0. The molecule has 0 aliphatic carbocycles. The van der Waals surface area contributed by atoms with Gasteiger partial charge in [-0.15, -0.1) is 11.6 Å². The molecular weight excluding hydrogens is 275 g/mol. The van der Waals surface area contributed by atoms with Gasteiger partial charge in [0, 0.05) is 25.2 Å². The van der Waals surface area contributed by atoms with Crippen LogP contribution in [0.5, 0.6) is 0 Å². The van der Waals surface area contributed by atoms with Gasteiger partial charge in [-0.1, -0.05) is 0 Å². The normalized spacial score (nSPS) is 21.0. The zero-order chi connectivity index (χ0) is 10.8. The molecule has 1 aliphatic rings. The van der Waals surface area contributed by atoms with Crippen molar-refractivity contribution in [2.75, 3.05) is 23.9 Å². The van der Waals surface area contributed by atoms with Gasteiger partial charge in [0.25, 0.3) is 0 Å². The molecule has 1 fully saturated rings. The molecule has 0 spiro atoms. The average Bonchev–Trinajstić information content (AvgIpc) is 2.70. The molecule has 1 unspecified atom stereocenters. The average molecular weight is 290 g/mol. The van der Waals surface area contributed by atoms with E-state index in [-0.39, 0.29) is 0 Å². The Morgan fingerprint density at radius 3 is 3.13 bits per heavy atom. The summed E-state index contributed by atoms with van der Waals surface area (Å²) in [5.41, 5.74) is 1.23. The predicted octanol–water partition coefficient (Wildman–Crippen LogP) is 3.22. The van der Waals surface area contributed by atoms with Gasteiger partial charge in [-0.3, -0.25) is 0 Å². The summed E-state index contributed by atoms with van der Waals surface area (Å²) >= 11 is 9.47. The number of hydrogen-bond acceptors (Lipinski definition) is 2. The first-order chi connectivity index (χ1) is 7.22. The predicted molar refractivity (Wildman–Crippen MR) is 67.7 cm³/mol. The van der Waals surface area contributed by atoms with Gasteiger partial charge in [-0.25, -0.2) is 4.98 Å². The largest absolute Gasteiger partial charge is 0.355 e. The zero-order valence-corrected chi connectivity index (χ0v) is 11.1. The number of hydrogen-bond donors (Lipinski definition) is 0. The molecule has 2 nitrogen and oxygen atoms in total. The second-order valence-electron chi connectivity index (χ2n) is 4.02. The van der Waals surface area contributed by atoms with Gasteiger partial charge < -0.3 is 4.90 Å². The monoisotopic (exact) mass is 288 g/mol. The molecule has 82 valence electrons. The van der Waals surface area contributed by atoms with E-state index in [1.807, 2.05) is 12.3 Å². The van der Waals surface area contributed by atoms with Crippen molar-refractivity contribution < 1.29 is 0 Å². The molecule has 1 aromatic rings. The van der Waals surface area contributed by atoms with Gasteiger partial charge in [0.05, 0.1) is 4.47 Å². The number of pyridine rings is 1. The molecule has 2 heterocycles. The maximum atomic E-state index is 5.87. The highest BCUT2D eigenvalue weighted by atomic mass is 79.9. The lowest BCUT2D eigenvalue weighted by molar-refractivity contribution is 0.666. The van der Waals surface area contributed by atoms with Crippen LogP contribution in [-0.2, 0) is 0 Å². The number of rotatable bonds is 2. The minimum absolute atomic E-state index is 0.612. The standard InChI is InChI=1S/C11H14BrClN2/c1-8-2-4-14-11(10(8)12)15-5-3-9(6-13)7-15/h2,4,9H,3,5-7H2,1H3. The van der Waals surface area contributed by atoms with Crippen molar-refractivity contribution in [2.45, 2.75) is 13.3 Å². The third-order valence-corrected chi connectivity index (χ3v) is 4.28. The summed E-state index contributed by atoms with van der Waals surface area (Å²) in [6, 6.07) is 2.02. The van der Waals surface area contributed by atoms with Crippen LogP contribution in [0.25, 0.3) is 0 Å². The Morgan fingerprint density at radius 2 is 2.47 bits per heavy atom. The van der Waals surface area contributed by atoms with Gasteiger partial charge in [0.2, 0.25) is 0 Å². The third kappa shape index (κ3) is 2.28. The molecule has 0 amide bonds. The summed E-state index contributed by atoms with van der Waals surface area (Å²) in [7, 11) is 0. The Hall–Kier alpha value is -0.280. The second kappa shape index (κ2) is 4.71. The topological polar surface area (TPSA) is 16.1 Å². The van der Waals surface area contributed by atoms with Crippen LogP contribution in [-0.4, -0.2) is 24.0 Å². The maximum Gasteiger partial charge on any atom is 0.143 e. The van der Waals surface area contributed by atoms with Crippen LogP contribution in [0.4, 0.5) is 5.82 Å². The number of aromatic nitrogens is 1. The first-order valence-electron chi connectivity index (χ1n) is 5.14. The van der Waals surface area contributed by atoms with E-state index in [1.54, 1.807) is 0 Å². The number of halogens is 2. The lowest BCUT2D eigenvalue weighted by atomic mass is 10.2. The van der Waals surface area contributed by atoms with Crippen LogP contribution in [0, 0.1) is 12.8 Å². The number of aryl methyl sites for hydroxylation is 1. The Labute approximate surface area is 104 Å². The fraction of sp³-hybridized carbons (Fsp3) is 0.545. The van der Waals surface area contributed by atoms with Gasteiger partial charge in [0.1, 0.15) is 5.82 Å². The molecule has 0 saturated carbocycles. The molecule has 0 bridgehead atoms. The lowest BCUT2D eigenvalue weighted by Gasteiger charge is -2.19. The molecule has 1 saturated heterocycles. The SMILES string of the molecule is Cc1ccnc(N2CCC(CCl)C2)c1Br. The van der Waals surface area contributed by atoms with Crippen LogP contribution < -0.4 is 4.90 Å². The van der Waals surface area contributed by atoms with E-state index in [1.165, 1.54) is 12.0 Å². The molecule has 15 heavy (non-hydrogen) atoms. The molecule has 0 radical (unpaired) electrons. The smallest absolute Gasteiger partial charge is 0.143 e. The molecule has 0 N–H and O–H groups in total. The van der Waals surface area contributed by atoms with E-state index in [0.29, 0.717) is 5.92 Å². The van der Waals surface area contributed by atoms with Crippen molar-refractivity contribution in [1.82, 2.24) is 4.98 Å². The fourth-order valence-electron chi connectivity index (χ4n) is 1.90. The van der Waals surface area contributed by atoms with Crippen LogP contribution in [0.3, 0.4) is 0 Å². The van der Waals surface area contributed by atoms with Gasteiger partial charge in [0.15, 0.2) is 0 Å². The summed E-state index contributed by atoms with van der Waals surface area (Å²) in [6.07, 6.45) is 3.04. The van der Waals surface area contributed by atoms with Crippen molar-refractivity contribution in [3.05, 3.63) is 22.3 Å². The van der Waals surface area contributed by atoms with Gasteiger partial charge >= 0.3 is 0 Å². The minimum atomic E-state index is 0.612. The maximum absolute atomic E-state index is 5.87. The fourth-order valence-corrected chi connectivity index (χ4v) is 2.63. The number of alkyl halides is 1. The first-order valence-corrected chi connectivity index (χ1v) is 6.47. The Balaban J connectivity index is 2.20. The van der Waals surface area contributed by atoms with E-state index in [0.717, 1.165) is 29.3 Å². The minimum Gasteiger partial charge on any atom is -0.355 e. The summed E-state index contributed by atoms with van der Waals surface area (Å²) in [6.45, 7) is 4.18. The van der Waals surface area contributed by atoms with Crippen molar-refractivity contribution >= 4 is 33.3 Å². The van der Waals surface area contributed by atoms with E-state index >= 15 is 0 Å². The Bertz CT molecular complexity index is 356. The highest BCUT2D eigenvalue weighted by Gasteiger charge is 2.24. The van der Waals surface area contributed by atoms with E-state index < -0.39 is 0 Å². The quantitative estimate of drug-likeness (QED) is 0.777. The van der Waals surface area contributed by atoms with Crippen LogP contribution in [0.15, 0.2) is 16.7 Å². The highest BCUT2D eigenvalue weighted by Crippen LogP contribution is 2.30. The summed E-state index contributed by atoms with van der Waals surface area (Å²) in [4.78, 5) is 6.74. The van der Waals surface area contributed by atoms with Crippen LogP contribution in [0.2, 0.25) is 0 Å². The summed E-state index contributed by atoms with van der Waals surface area (Å²) < 4.78 is 1.11. The highest BCUT2D eigenvalue weighted by molar-refractivity contribution is 9.10. The Morgan fingerprint density at radius 1 is 1.67 bits per heavy atom. The molecule has 1 atom stereocenters. The second-order valence-corrected chi connectivity index (χ2v) is 5.12. The molecule has 1 aliphatic heterocycles. The Kier molecular flexibility index (Phi) is 3.52. The lowest BCUT2D eigenvalue weighted by Crippen LogP contribution is -2.21. The van der Waals surface area contributed by atoms with Gasteiger partial charge in [-0.2, -0.15) is 0 Å².